The lowest BCUT2D eigenvalue weighted by Crippen LogP contribution is -2.00. The summed E-state index contributed by atoms with van der Waals surface area (Å²) in [5.41, 5.74) is 1.53. The number of Topliss-reactive ketones (excluding diaryl/α,β-unsaturated/α-hetero) is 1. The molecule has 6 heteroatoms. The van der Waals surface area contributed by atoms with Gasteiger partial charge in [-0.2, -0.15) is 0 Å². The number of halogens is 1. The van der Waals surface area contributed by atoms with E-state index in [0.717, 1.165) is 16.2 Å². The number of hydrogen-bond donors (Lipinski definition) is 1. The number of ether oxygens (including phenoxy) is 1. The van der Waals surface area contributed by atoms with E-state index in [-0.39, 0.29) is 12.2 Å². The maximum atomic E-state index is 12.2. The van der Waals surface area contributed by atoms with E-state index in [2.05, 4.69) is 0 Å². The number of rotatable bonds is 8. The molecule has 0 aliphatic heterocycles. The van der Waals surface area contributed by atoms with Crippen molar-refractivity contribution in [2.75, 3.05) is 13.0 Å². The maximum absolute atomic E-state index is 12.2. The largest absolute Gasteiger partial charge is 0.497 e. The van der Waals surface area contributed by atoms with Crippen LogP contribution >= 0.6 is 22.9 Å². The van der Waals surface area contributed by atoms with Crippen LogP contribution in [0.25, 0.3) is 10.4 Å². The minimum absolute atomic E-state index is 0.00190. The molecule has 1 heterocycles. The fraction of sp³-hybridized carbons (Fsp3) is 0.294. The van der Waals surface area contributed by atoms with Gasteiger partial charge in [0.15, 0.2) is 5.78 Å². The van der Waals surface area contributed by atoms with Crippen molar-refractivity contribution >= 4 is 34.7 Å². The predicted octanol–water partition coefficient (Wildman–Crippen LogP) is 4.25. The number of carbonyl (C=O) groups excluding carboxylic acids is 1. The Morgan fingerprint density at radius 3 is 2.52 bits per heavy atom. The third-order valence-corrected chi connectivity index (χ3v) is 4.85. The van der Waals surface area contributed by atoms with Crippen molar-refractivity contribution in [1.29, 1.82) is 0 Å². The normalized spacial score (nSPS) is 10.5. The number of hydrogen-bond acceptors (Lipinski definition) is 4. The lowest BCUT2D eigenvalue weighted by atomic mass is 10.1. The Kier molecular flexibility index (Phi) is 6.19. The van der Waals surface area contributed by atoms with Crippen molar-refractivity contribution in [3.05, 3.63) is 40.8 Å². The molecule has 0 spiro atoms. The summed E-state index contributed by atoms with van der Waals surface area (Å²) in [5, 5.41) is 9.09. The van der Waals surface area contributed by atoms with Gasteiger partial charge in [-0.3, -0.25) is 9.59 Å². The summed E-state index contributed by atoms with van der Waals surface area (Å²) in [6, 6.07) is 9.05. The molecular weight excluding hydrogens is 336 g/mol. The first-order valence-electron chi connectivity index (χ1n) is 7.13. The molecule has 4 nitrogen and oxygen atoms in total. The van der Waals surface area contributed by atoms with Gasteiger partial charge in [-0.25, -0.2) is 0 Å². The number of ketones is 1. The van der Waals surface area contributed by atoms with Crippen LogP contribution in [0.4, 0.5) is 0 Å². The molecule has 0 radical (unpaired) electrons. The van der Waals surface area contributed by atoms with Gasteiger partial charge in [-0.05, 0) is 47.9 Å². The lowest BCUT2D eigenvalue weighted by Gasteiger charge is -2.03. The second kappa shape index (κ2) is 8.13. The van der Waals surface area contributed by atoms with Gasteiger partial charge in [0.05, 0.1) is 18.4 Å². The van der Waals surface area contributed by atoms with Gasteiger partial charge >= 0.3 is 5.97 Å². The molecule has 2 aromatic rings. The molecule has 0 unspecified atom stereocenters. The Morgan fingerprint density at radius 1 is 1.26 bits per heavy atom. The molecule has 0 fully saturated rings. The highest BCUT2D eigenvalue weighted by Crippen LogP contribution is 2.35. The van der Waals surface area contributed by atoms with Crippen LogP contribution in [-0.4, -0.2) is 29.8 Å². The van der Waals surface area contributed by atoms with Crippen molar-refractivity contribution in [3.63, 3.8) is 0 Å². The summed E-state index contributed by atoms with van der Waals surface area (Å²) in [4.78, 5) is 24.6. The average Bonchev–Trinajstić information content (AvgIpc) is 2.95. The van der Waals surface area contributed by atoms with Crippen LogP contribution in [0.5, 0.6) is 5.75 Å². The van der Waals surface area contributed by atoms with Crippen molar-refractivity contribution in [3.8, 4) is 16.2 Å². The monoisotopic (exact) mass is 352 g/mol. The second-order valence-electron chi connectivity index (χ2n) is 4.98. The van der Waals surface area contributed by atoms with E-state index in [1.165, 1.54) is 11.3 Å². The Hall–Kier alpha value is -1.85. The lowest BCUT2D eigenvalue weighted by molar-refractivity contribution is -0.136. The molecule has 1 N–H and O–H groups in total. The van der Waals surface area contributed by atoms with Gasteiger partial charge < -0.3 is 9.84 Å². The van der Waals surface area contributed by atoms with Crippen molar-refractivity contribution < 1.29 is 19.4 Å². The van der Waals surface area contributed by atoms with Gasteiger partial charge in [0.25, 0.3) is 0 Å². The first-order valence-corrected chi connectivity index (χ1v) is 8.48. The Balaban J connectivity index is 2.36. The second-order valence-corrected chi connectivity index (χ2v) is 6.41. The van der Waals surface area contributed by atoms with E-state index in [9.17, 15) is 9.59 Å². The maximum Gasteiger partial charge on any atom is 0.307 e. The predicted molar refractivity (Wildman–Crippen MR) is 91.9 cm³/mol. The fourth-order valence-corrected chi connectivity index (χ4v) is 3.48. The van der Waals surface area contributed by atoms with E-state index in [0.29, 0.717) is 29.2 Å². The zero-order valence-electron chi connectivity index (χ0n) is 12.7. The zero-order chi connectivity index (χ0) is 16.8. The van der Waals surface area contributed by atoms with Crippen LogP contribution in [-0.2, 0) is 11.2 Å². The molecule has 23 heavy (non-hydrogen) atoms. The molecule has 0 aliphatic rings. The number of carboxylic acids is 1. The summed E-state index contributed by atoms with van der Waals surface area (Å²) in [5.74, 6) is 0.243. The molecule has 0 saturated carbocycles. The van der Waals surface area contributed by atoms with Crippen molar-refractivity contribution in [2.24, 2.45) is 0 Å². The first-order chi connectivity index (χ1) is 11.0. The number of carbonyl (C=O) groups is 2. The molecule has 0 bridgehead atoms. The molecule has 1 aromatic carbocycles. The van der Waals surface area contributed by atoms with Crippen molar-refractivity contribution in [1.82, 2.24) is 0 Å². The molecule has 0 aliphatic carbocycles. The number of alkyl halides is 1. The van der Waals surface area contributed by atoms with E-state index >= 15 is 0 Å². The number of carboxylic acid groups (broad SMARTS) is 1. The highest BCUT2D eigenvalue weighted by molar-refractivity contribution is 7.17. The smallest absolute Gasteiger partial charge is 0.307 e. The van der Waals surface area contributed by atoms with E-state index in [1.54, 1.807) is 13.2 Å². The van der Waals surface area contributed by atoms with E-state index in [4.69, 9.17) is 21.4 Å². The zero-order valence-corrected chi connectivity index (χ0v) is 14.2. The summed E-state index contributed by atoms with van der Waals surface area (Å²) in [6.45, 7) is 0. The summed E-state index contributed by atoms with van der Waals surface area (Å²) < 4.78 is 5.13. The number of benzene rings is 1. The average molecular weight is 353 g/mol. The van der Waals surface area contributed by atoms with Crippen LogP contribution in [0.2, 0.25) is 0 Å². The fourth-order valence-electron chi connectivity index (χ4n) is 2.20. The van der Waals surface area contributed by atoms with E-state index in [1.807, 2.05) is 24.3 Å². The van der Waals surface area contributed by atoms with Gasteiger partial charge in [0.2, 0.25) is 0 Å². The number of aliphatic carboxylic acids is 1. The molecule has 122 valence electrons. The van der Waals surface area contributed by atoms with Crippen LogP contribution in [0.1, 0.15) is 28.1 Å². The standard InChI is InChI=1S/C17H17ClO4S/c1-22-13-6-4-11(5-7-13)17-12(10-16(20)21)9-15(23-17)14(19)3-2-8-18/h4-7,9H,2-3,8,10H2,1H3,(H,20,21). The van der Waals surface area contributed by atoms with Gasteiger partial charge in [-0.15, -0.1) is 22.9 Å². The minimum Gasteiger partial charge on any atom is -0.497 e. The molecule has 1 aromatic heterocycles. The molecule has 0 amide bonds. The van der Waals surface area contributed by atoms with Crippen LogP contribution < -0.4 is 4.74 Å². The third kappa shape index (κ3) is 4.56. The minimum atomic E-state index is -0.919. The third-order valence-electron chi connectivity index (χ3n) is 3.32. The quantitative estimate of drug-likeness (QED) is 0.569. The summed E-state index contributed by atoms with van der Waals surface area (Å²) in [6.07, 6.45) is 0.879. The van der Waals surface area contributed by atoms with Crippen LogP contribution in [0.15, 0.2) is 30.3 Å². The van der Waals surface area contributed by atoms with Crippen molar-refractivity contribution in [2.45, 2.75) is 19.3 Å². The highest BCUT2D eigenvalue weighted by Gasteiger charge is 2.17. The SMILES string of the molecule is COc1ccc(-c2sc(C(=O)CCCCl)cc2CC(=O)O)cc1. The Labute approximate surface area is 143 Å². The molecule has 0 atom stereocenters. The summed E-state index contributed by atoms with van der Waals surface area (Å²) >= 11 is 6.95. The Morgan fingerprint density at radius 2 is 1.96 bits per heavy atom. The van der Waals surface area contributed by atoms with Gasteiger partial charge in [0.1, 0.15) is 5.75 Å². The highest BCUT2D eigenvalue weighted by atomic mass is 35.5. The summed E-state index contributed by atoms with van der Waals surface area (Å²) in [7, 11) is 1.59. The number of methoxy groups -OCH3 is 1. The first kappa shape index (κ1) is 17.5. The molecule has 0 saturated heterocycles. The Bertz CT molecular complexity index is 691. The topological polar surface area (TPSA) is 63.6 Å². The van der Waals surface area contributed by atoms with E-state index < -0.39 is 5.97 Å². The molecule has 2 rings (SSSR count). The van der Waals surface area contributed by atoms with Crippen LogP contribution in [0.3, 0.4) is 0 Å². The molecular formula is C17H17ClO4S. The van der Waals surface area contributed by atoms with Gasteiger partial charge in [-0.1, -0.05) is 0 Å². The number of thiophene rings is 1. The van der Waals surface area contributed by atoms with Gasteiger partial charge in [0, 0.05) is 17.2 Å². The van der Waals surface area contributed by atoms with Crippen LogP contribution in [0, 0.1) is 0 Å².